The quantitative estimate of drug-likeness (QED) is 0.292. The molecule has 0 unspecified atom stereocenters. The molecule has 9 nitrogen and oxygen atoms in total. The summed E-state index contributed by atoms with van der Waals surface area (Å²) in [5.41, 5.74) is 2.54. The van der Waals surface area contributed by atoms with Gasteiger partial charge in [0.2, 0.25) is 17.6 Å². The van der Waals surface area contributed by atoms with E-state index in [0.29, 0.717) is 46.4 Å². The minimum absolute atomic E-state index is 0.346. The summed E-state index contributed by atoms with van der Waals surface area (Å²) in [6.45, 7) is 0.493. The number of halogens is 1. The summed E-state index contributed by atoms with van der Waals surface area (Å²) in [5, 5.41) is 3.84. The highest BCUT2D eigenvalue weighted by atomic mass is 35.5. The van der Waals surface area contributed by atoms with Crippen molar-refractivity contribution < 1.29 is 18.9 Å². The Morgan fingerprint density at radius 2 is 1.56 bits per heavy atom. The summed E-state index contributed by atoms with van der Waals surface area (Å²) >= 11 is 6.13. The summed E-state index contributed by atoms with van der Waals surface area (Å²) in [5.74, 6) is 3.07. The van der Waals surface area contributed by atoms with Gasteiger partial charge in [0.15, 0.2) is 11.5 Å². The van der Waals surface area contributed by atoms with E-state index in [-0.39, 0.29) is 0 Å². The smallest absolute Gasteiger partial charge is 0.235 e. The molecule has 4 rings (SSSR count). The molecular weight excluding hydrogens is 482 g/mol. The van der Waals surface area contributed by atoms with Crippen LogP contribution in [0.3, 0.4) is 0 Å². The molecule has 0 aliphatic rings. The highest BCUT2D eigenvalue weighted by Crippen LogP contribution is 2.40. The molecule has 0 aliphatic carbocycles. The van der Waals surface area contributed by atoms with Gasteiger partial charge in [-0.2, -0.15) is 4.98 Å². The van der Waals surface area contributed by atoms with Gasteiger partial charge < -0.3 is 29.2 Å². The first kappa shape index (κ1) is 24.9. The van der Waals surface area contributed by atoms with Crippen molar-refractivity contribution in [3.05, 3.63) is 77.6 Å². The molecule has 0 saturated heterocycles. The molecule has 186 valence electrons. The van der Waals surface area contributed by atoms with Crippen LogP contribution in [0.5, 0.6) is 23.0 Å². The minimum atomic E-state index is 0.346. The number of nitrogens with one attached hydrogen (secondary N) is 1. The lowest BCUT2D eigenvalue weighted by atomic mass is 10.2. The van der Waals surface area contributed by atoms with Crippen molar-refractivity contribution in [3.63, 3.8) is 0 Å². The van der Waals surface area contributed by atoms with Crippen LogP contribution in [-0.4, -0.2) is 43.4 Å². The van der Waals surface area contributed by atoms with E-state index < -0.39 is 0 Å². The largest absolute Gasteiger partial charge is 0.497 e. The highest BCUT2D eigenvalue weighted by molar-refractivity contribution is 6.30. The van der Waals surface area contributed by atoms with Gasteiger partial charge in [-0.1, -0.05) is 23.7 Å². The summed E-state index contributed by atoms with van der Waals surface area (Å²) in [6, 6.07) is 18.9. The van der Waals surface area contributed by atoms with Crippen LogP contribution in [0.15, 0.2) is 67.0 Å². The van der Waals surface area contributed by atoms with Gasteiger partial charge in [0.1, 0.15) is 12.1 Å². The Balaban J connectivity index is 1.69. The van der Waals surface area contributed by atoms with Crippen LogP contribution in [0, 0.1) is 0 Å². The van der Waals surface area contributed by atoms with E-state index in [1.807, 2.05) is 53.4 Å². The lowest BCUT2D eigenvalue weighted by Gasteiger charge is -2.23. The van der Waals surface area contributed by atoms with Crippen LogP contribution in [-0.2, 0) is 6.54 Å². The zero-order valence-corrected chi connectivity index (χ0v) is 21.1. The molecule has 0 spiro atoms. The van der Waals surface area contributed by atoms with Crippen molar-refractivity contribution in [2.75, 3.05) is 38.7 Å². The molecule has 0 atom stereocenters. The normalized spacial score (nSPS) is 10.5. The number of rotatable bonds is 10. The van der Waals surface area contributed by atoms with Crippen molar-refractivity contribution in [1.29, 1.82) is 0 Å². The van der Waals surface area contributed by atoms with Crippen molar-refractivity contribution >= 4 is 34.9 Å². The summed E-state index contributed by atoms with van der Waals surface area (Å²) in [6.07, 6.45) is 1.46. The number of hydrogen-bond acceptors (Lipinski definition) is 9. The zero-order chi connectivity index (χ0) is 25.5. The third-order valence-corrected chi connectivity index (χ3v) is 5.59. The minimum Gasteiger partial charge on any atom is -0.497 e. The van der Waals surface area contributed by atoms with Crippen molar-refractivity contribution in [1.82, 2.24) is 15.0 Å². The maximum atomic E-state index is 6.13. The zero-order valence-electron chi connectivity index (χ0n) is 20.4. The van der Waals surface area contributed by atoms with Gasteiger partial charge in [0.25, 0.3) is 0 Å². The van der Waals surface area contributed by atoms with E-state index in [0.717, 1.165) is 17.0 Å². The molecule has 36 heavy (non-hydrogen) atoms. The second-order valence-corrected chi connectivity index (χ2v) is 8.00. The first-order valence-corrected chi connectivity index (χ1v) is 11.3. The van der Waals surface area contributed by atoms with Crippen molar-refractivity contribution in [3.8, 4) is 23.0 Å². The maximum Gasteiger partial charge on any atom is 0.235 e. The number of benzene rings is 3. The first-order chi connectivity index (χ1) is 17.5. The Hall–Kier alpha value is -4.24. The predicted molar refractivity (Wildman–Crippen MR) is 139 cm³/mol. The summed E-state index contributed by atoms with van der Waals surface area (Å²) in [7, 11) is 6.32. The van der Waals surface area contributed by atoms with Gasteiger partial charge in [-0.25, -0.2) is 9.97 Å². The van der Waals surface area contributed by atoms with Gasteiger partial charge in [0, 0.05) is 28.5 Å². The SMILES string of the molecule is COc1cccc(CN(c2ccc(Cl)cc2)c2ncnc(Nc3cc(OC)c(OC)c(OC)c3)n2)c1. The third-order valence-electron chi connectivity index (χ3n) is 5.33. The molecule has 0 radical (unpaired) electrons. The van der Waals surface area contributed by atoms with Gasteiger partial charge in [0.05, 0.1) is 35.0 Å². The summed E-state index contributed by atoms with van der Waals surface area (Å²) in [4.78, 5) is 15.4. The van der Waals surface area contributed by atoms with Gasteiger partial charge >= 0.3 is 0 Å². The van der Waals surface area contributed by atoms with E-state index >= 15 is 0 Å². The van der Waals surface area contributed by atoms with Crippen molar-refractivity contribution in [2.24, 2.45) is 0 Å². The molecule has 0 bridgehead atoms. The van der Waals surface area contributed by atoms with Crippen LogP contribution in [0.2, 0.25) is 5.02 Å². The Morgan fingerprint density at radius 1 is 0.833 bits per heavy atom. The molecule has 1 heterocycles. The molecule has 3 aromatic carbocycles. The van der Waals surface area contributed by atoms with Crippen LogP contribution < -0.4 is 29.2 Å². The third kappa shape index (κ3) is 5.69. The maximum absolute atomic E-state index is 6.13. The average Bonchev–Trinajstić information content (AvgIpc) is 2.92. The highest BCUT2D eigenvalue weighted by Gasteiger charge is 2.17. The number of hydrogen-bond donors (Lipinski definition) is 1. The molecule has 1 aromatic heterocycles. The fourth-order valence-electron chi connectivity index (χ4n) is 3.61. The second-order valence-electron chi connectivity index (χ2n) is 7.56. The molecule has 0 saturated carbocycles. The lowest BCUT2D eigenvalue weighted by molar-refractivity contribution is 0.324. The Kier molecular flexibility index (Phi) is 7.92. The molecule has 0 amide bonds. The van der Waals surface area contributed by atoms with E-state index in [2.05, 4.69) is 20.3 Å². The predicted octanol–water partition coefficient (Wildman–Crippen LogP) is 5.64. The topological polar surface area (TPSA) is 90.9 Å². The number of ether oxygens (including phenoxy) is 4. The molecule has 1 N–H and O–H groups in total. The van der Waals surface area contributed by atoms with E-state index in [1.165, 1.54) is 6.33 Å². The average molecular weight is 508 g/mol. The van der Waals surface area contributed by atoms with Crippen LogP contribution in [0.25, 0.3) is 0 Å². The van der Waals surface area contributed by atoms with Crippen molar-refractivity contribution in [2.45, 2.75) is 6.54 Å². The Morgan fingerprint density at radius 3 is 2.19 bits per heavy atom. The Bertz CT molecular complexity index is 1290. The van der Waals surface area contributed by atoms with Crippen LogP contribution in [0.4, 0.5) is 23.3 Å². The number of aromatic nitrogens is 3. The summed E-state index contributed by atoms with van der Waals surface area (Å²) < 4.78 is 21.7. The van der Waals surface area contributed by atoms with Crippen LogP contribution in [0.1, 0.15) is 5.56 Å². The fraction of sp³-hybridized carbons (Fsp3) is 0.192. The van der Waals surface area contributed by atoms with Crippen LogP contribution >= 0.6 is 11.6 Å². The van der Waals surface area contributed by atoms with E-state index in [9.17, 15) is 0 Å². The van der Waals surface area contributed by atoms with E-state index in [1.54, 1.807) is 40.6 Å². The monoisotopic (exact) mass is 507 g/mol. The fourth-order valence-corrected chi connectivity index (χ4v) is 3.74. The lowest BCUT2D eigenvalue weighted by Crippen LogP contribution is -2.20. The number of nitrogens with zero attached hydrogens (tertiary/aromatic N) is 4. The molecule has 4 aromatic rings. The number of anilines is 4. The van der Waals surface area contributed by atoms with Gasteiger partial charge in [-0.05, 0) is 42.0 Å². The standard InChI is InChI=1S/C26H26ClN5O4/c1-33-21-7-5-6-17(12-21)15-32(20-10-8-18(27)9-11-20)26-29-16-28-25(31-26)30-19-13-22(34-2)24(36-4)23(14-19)35-3/h5-14,16H,15H2,1-4H3,(H,28,29,30,31). The van der Waals surface area contributed by atoms with Gasteiger partial charge in [-0.3, -0.25) is 0 Å². The molecule has 0 fully saturated rings. The molecular formula is C26H26ClN5O4. The number of methoxy groups -OCH3 is 4. The second kappa shape index (κ2) is 11.5. The first-order valence-electron chi connectivity index (χ1n) is 11.0. The van der Waals surface area contributed by atoms with Gasteiger partial charge in [-0.15, -0.1) is 0 Å². The molecule has 0 aliphatic heterocycles. The van der Waals surface area contributed by atoms with E-state index in [4.69, 9.17) is 30.5 Å². The molecule has 10 heteroatoms. The Labute approximate surface area is 214 Å².